The lowest BCUT2D eigenvalue weighted by atomic mass is 9.98. The predicted octanol–water partition coefficient (Wildman–Crippen LogP) is 3.87. The van der Waals surface area contributed by atoms with E-state index in [1.54, 1.807) is 12.5 Å². The first-order valence-electron chi connectivity index (χ1n) is 10.0. The Morgan fingerprint density at radius 2 is 2.22 bits per heavy atom. The van der Waals surface area contributed by atoms with E-state index in [2.05, 4.69) is 34.5 Å². The lowest BCUT2D eigenvalue weighted by molar-refractivity contribution is 0.156. The number of hydrogen-bond acceptors (Lipinski definition) is 4. The van der Waals surface area contributed by atoms with Crippen LogP contribution in [0.5, 0.6) is 0 Å². The maximum absolute atomic E-state index is 12.4. The minimum Gasteiger partial charge on any atom is -0.468 e. The molecular formula is C20H31N5O2. The van der Waals surface area contributed by atoms with Crippen LogP contribution >= 0.6 is 0 Å². The summed E-state index contributed by atoms with van der Waals surface area (Å²) >= 11 is 0. The molecule has 2 aromatic rings. The highest BCUT2D eigenvalue weighted by Gasteiger charge is 2.21. The van der Waals surface area contributed by atoms with Gasteiger partial charge in [0.15, 0.2) is 0 Å². The summed E-state index contributed by atoms with van der Waals surface area (Å²) in [5.41, 5.74) is 0. The van der Waals surface area contributed by atoms with E-state index in [1.807, 2.05) is 22.9 Å². The topological polar surface area (TPSA) is 75.3 Å². The second-order valence-electron chi connectivity index (χ2n) is 7.29. The van der Waals surface area contributed by atoms with Crippen molar-refractivity contribution >= 4 is 11.8 Å². The zero-order valence-corrected chi connectivity index (χ0v) is 16.4. The maximum atomic E-state index is 12.4. The van der Waals surface area contributed by atoms with Crippen LogP contribution < -0.4 is 10.6 Å². The summed E-state index contributed by atoms with van der Waals surface area (Å²) in [7, 11) is 0. The number of rotatable bonds is 8. The number of carbonyl (C=O) groups excluding carboxylic acids is 1. The summed E-state index contributed by atoms with van der Waals surface area (Å²) in [4.78, 5) is 14.7. The number of hydrogen-bond donors (Lipinski definition) is 2. The fraction of sp³-hybridized carbons (Fsp3) is 0.600. The SMILES string of the molecule is CCC(CC)n1nccc1NC(=O)NCC1CCCN(Cc2ccco2)C1. The molecule has 0 bridgehead atoms. The molecule has 0 saturated carbocycles. The van der Waals surface area contributed by atoms with Crippen molar-refractivity contribution in [3.05, 3.63) is 36.4 Å². The van der Waals surface area contributed by atoms with Crippen LogP contribution in [0.25, 0.3) is 0 Å². The van der Waals surface area contributed by atoms with Gasteiger partial charge in [0.2, 0.25) is 0 Å². The van der Waals surface area contributed by atoms with Gasteiger partial charge in [-0.3, -0.25) is 10.2 Å². The van der Waals surface area contributed by atoms with Crippen molar-refractivity contribution in [2.45, 2.75) is 52.1 Å². The number of likely N-dealkylation sites (tertiary alicyclic amines) is 1. The molecule has 1 atom stereocenters. The second-order valence-corrected chi connectivity index (χ2v) is 7.29. The fourth-order valence-corrected chi connectivity index (χ4v) is 3.82. The minimum absolute atomic E-state index is 0.161. The van der Waals surface area contributed by atoms with Gasteiger partial charge in [0.05, 0.1) is 25.0 Å². The Bertz CT molecular complexity index is 693. The largest absolute Gasteiger partial charge is 0.468 e. The molecule has 1 fully saturated rings. The van der Waals surface area contributed by atoms with Gasteiger partial charge >= 0.3 is 6.03 Å². The van der Waals surface area contributed by atoms with Crippen molar-refractivity contribution < 1.29 is 9.21 Å². The molecule has 0 aromatic carbocycles. The predicted molar refractivity (Wildman–Crippen MR) is 106 cm³/mol. The molecule has 3 heterocycles. The van der Waals surface area contributed by atoms with Crippen LogP contribution in [0.2, 0.25) is 0 Å². The Hall–Kier alpha value is -2.28. The van der Waals surface area contributed by atoms with E-state index in [4.69, 9.17) is 4.42 Å². The van der Waals surface area contributed by atoms with Crippen LogP contribution in [-0.4, -0.2) is 40.3 Å². The maximum Gasteiger partial charge on any atom is 0.320 e. The third-order valence-electron chi connectivity index (χ3n) is 5.31. The van der Waals surface area contributed by atoms with Crippen LogP contribution in [0.4, 0.5) is 10.6 Å². The van der Waals surface area contributed by atoms with Gasteiger partial charge in [0.1, 0.15) is 11.6 Å². The number of carbonyl (C=O) groups is 1. The molecule has 1 aliphatic heterocycles. The van der Waals surface area contributed by atoms with Gasteiger partial charge in [-0.05, 0) is 50.3 Å². The standard InChI is InChI=1S/C20H31N5O2/c1-3-17(4-2)25-19(9-10-22-25)23-20(26)21-13-16-7-5-11-24(14-16)15-18-8-6-12-27-18/h6,8-10,12,16-17H,3-5,7,11,13-15H2,1-2H3,(H2,21,23,26). The lowest BCUT2D eigenvalue weighted by Gasteiger charge is -2.32. The molecule has 7 nitrogen and oxygen atoms in total. The van der Waals surface area contributed by atoms with Crippen molar-refractivity contribution in [1.29, 1.82) is 0 Å². The monoisotopic (exact) mass is 373 g/mol. The Morgan fingerprint density at radius 3 is 2.96 bits per heavy atom. The van der Waals surface area contributed by atoms with Crippen LogP contribution in [0, 0.1) is 5.92 Å². The first-order valence-corrected chi connectivity index (χ1v) is 10.0. The quantitative estimate of drug-likeness (QED) is 0.736. The fourth-order valence-electron chi connectivity index (χ4n) is 3.82. The highest BCUT2D eigenvalue weighted by atomic mass is 16.3. The van der Waals surface area contributed by atoms with Crippen LogP contribution in [0.1, 0.15) is 51.3 Å². The Kier molecular flexibility index (Phi) is 6.92. The summed E-state index contributed by atoms with van der Waals surface area (Å²) in [5.74, 6) is 2.21. The number of piperidine rings is 1. The molecule has 0 radical (unpaired) electrons. The van der Waals surface area contributed by atoms with E-state index in [-0.39, 0.29) is 6.03 Å². The molecule has 0 spiro atoms. The summed E-state index contributed by atoms with van der Waals surface area (Å²) < 4.78 is 7.36. The van der Waals surface area contributed by atoms with Gasteiger partial charge < -0.3 is 9.73 Å². The third kappa shape index (κ3) is 5.35. The van der Waals surface area contributed by atoms with E-state index in [0.717, 1.165) is 56.9 Å². The van der Waals surface area contributed by atoms with Crippen molar-refractivity contribution in [3.63, 3.8) is 0 Å². The normalized spacial score (nSPS) is 18.0. The third-order valence-corrected chi connectivity index (χ3v) is 5.31. The number of nitrogens with zero attached hydrogens (tertiary/aromatic N) is 3. The summed E-state index contributed by atoms with van der Waals surface area (Å²) in [6.45, 7) is 7.85. The molecule has 148 valence electrons. The zero-order chi connectivity index (χ0) is 19.1. The molecule has 2 aromatic heterocycles. The lowest BCUT2D eigenvalue weighted by Crippen LogP contribution is -2.41. The number of urea groups is 1. The van der Waals surface area contributed by atoms with Crippen molar-refractivity contribution in [2.24, 2.45) is 5.92 Å². The number of anilines is 1. The van der Waals surface area contributed by atoms with Gasteiger partial charge in [-0.1, -0.05) is 13.8 Å². The highest BCUT2D eigenvalue weighted by molar-refractivity contribution is 5.88. The van der Waals surface area contributed by atoms with Gasteiger partial charge in [-0.25, -0.2) is 9.48 Å². The molecule has 1 aliphatic rings. The second kappa shape index (κ2) is 9.60. The van der Waals surface area contributed by atoms with Crippen LogP contribution in [0.15, 0.2) is 35.1 Å². The highest BCUT2D eigenvalue weighted by Crippen LogP contribution is 2.20. The van der Waals surface area contributed by atoms with Gasteiger partial charge in [-0.15, -0.1) is 0 Å². The number of nitrogens with one attached hydrogen (secondary N) is 2. The molecule has 2 N–H and O–H groups in total. The number of aromatic nitrogens is 2. The van der Waals surface area contributed by atoms with Crippen LogP contribution in [-0.2, 0) is 6.54 Å². The molecule has 7 heteroatoms. The van der Waals surface area contributed by atoms with E-state index in [0.29, 0.717) is 18.5 Å². The summed E-state index contributed by atoms with van der Waals surface area (Å²) in [6.07, 6.45) is 7.72. The molecule has 1 unspecified atom stereocenters. The summed E-state index contributed by atoms with van der Waals surface area (Å²) in [6, 6.07) is 5.94. The van der Waals surface area contributed by atoms with Crippen molar-refractivity contribution in [2.75, 3.05) is 25.0 Å². The molecular weight excluding hydrogens is 342 g/mol. The first kappa shape index (κ1) is 19.5. The van der Waals surface area contributed by atoms with Crippen LogP contribution in [0.3, 0.4) is 0 Å². The number of amides is 2. The van der Waals surface area contributed by atoms with E-state index < -0.39 is 0 Å². The molecule has 3 rings (SSSR count). The smallest absolute Gasteiger partial charge is 0.320 e. The molecule has 27 heavy (non-hydrogen) atoms. The van der Waals surface area contributed by atoms with E-state index >= 15 is 0 Å². The minimum atomic E-state index is -0.161. The van der Waals surface area contributed by atoms with E-state index in [1.165, 1.54) is 0 Å². The molecule has 0 aliphatic carbocycles. The van der Waals surface area contributed by atoms with Crippen molar-refractivity contribution in [1.82, 2.24) is 20.0 Å². The first-order chi connectivity index (χ1) is 13.2. The average Bonchev–Trinajstić information content (AvgIpc) is 3.34. The van der Waals surface area contributed by atoms with Crippen molar-refractivity contribution in [3.8, 4) is 0 Å². The zero-order valence-electron chi connectivity index (χ0n) is 16.4. The van der Waals surface area contributed by atoms with Gasteiger partial charge in [0, 0.05) is 19.2 Å². The van der Waals surface area contributed by atoms with Gasteiger partial charge in [0.25, 0.3) is 0 Å². The Morgan fingerprint density at radius 1 is 1.37 bits per heavy atom. The molecule has 2 amide bonds. The Labute approximate surface area is 161 Å². The molecule has 1 saturated heterocycles. The summed E-state index contributed by atoms with van der Waals surface area (Å²) in [5, 5.41) is 10.3. The van der Waals surface area contributed by atoms with Gasteiger partial charge in [-0.2, -0.15) is 5.10 Å². The number of furan rings is 1. The Balaban J connectivity index is 1.46. The van der Waals surface area contributed by atoms with E-state index in [9.17, 15) is 4.79 Å². The average molecular weight is 374 g/mol.